The normalized spacial score (nSPS) is 30.0. The van der Waals surface area contributed by atoms with Crippen molar-refractivity contribution in [3.63, 3.8) is 0 Å². The monoisotopic (exact) mass is 144 g/mol. The molecule has 0 aromatic carbocycles. The van der Waals surface area contributed by atoms with E-state index in [0.29, 0.717) is 5.92 Å². The van der Waals surface area contributed by atoms with Gasteiger partial charge in [0.2, 0.25) is 0 Å². The van der Waals surface area contributed by atoms with Gasteiger partial charge in [-0.25, -0.2) is 0 Å². The lowest BCUT2D eigenvalue weighted by atomic mass is 9.95. The van der Waals surface area contributed by atoms with Crippen molar-refractivity contribution in [2.75, 3.05) is 13.2 Å². The highest BCUT2D eigenvalue weighted by atomic mass is 16.5. The molecule has 0 saturated carbocycles. The van der Waals surface area contributed by atoms with Gasteiger partial charge in [-0.05, 0) is 19.3 Å². The highest BCUT2D eigenvalue weighted by Crippen LogP contribution is 2.18. The van der Waals surface area contributed by atoms with Crippen LogP contribution in [0, 0.1) is 5.92 Å². The van der Waals surface area contributed by atoms with E-state index in [0.717, 1.165) is 32.5 Å². The van der Waals surface area contributed by atoms with E-state index in [-0.39, 0.29) is 6.10 Å². The second-order valence-corrected chi connectivity index (χ2v) is 2.95. The van der Waals surface area contributed by atoms with Gasteiger partial charge in [0.15, 0.2) is 0 Å². The highest BCUT2D eigenvalue weighted by Gasteiger charge is 2.20. The summed E-state index contributed by atoms with van der Waals surface area (Å²) in [7, 11) is 0. The smallest absolute Gasteiger partial charge is 0.0587 e. The van der Waals surface area contributed by atoms with Crippen molar-refractivity contribution in [3.05, 3.63) is 0 Å². The van der Waals surface area contributed by atoms with E-state index >= 15 is 0 Å². The van der Waals surface area contributed by atoms with E-state index in [1.165, 1.54) is 0 Å². The molecule has 1 N–H and O–H groups in total. The van der Waals surface area contributed by atoms with Gasteiger partial charge in [0, 0.05) is 12.5 Å². The predicted octanol–water partition coefficient (Wildman–Crippen LogP) is 1.18. The molecular formula is C8H16O2. The van der Waals surface area contributed by atoms with Gasteiger partial charge in [0.25, 0.3) is 0 Å². The van der Waals surface area contributed by atoms with E-state index in [1.54, 1.807) is 0 Å². The summed E-state index contributed by atoms with van der Waals surface area (Å²) in [5.74, 6) is 0.402. The Kier molecular flexibility index (Phi) is 3.16. The number of aliphatic hydroxyl groups excluding tert-OH is 1. The zero-order valence-corrected chi connectivity index (χ0v) is 6.55. The van der Waals surface area contributed by atoms with Gasteiger partial charge in [-0.1, -0.05) is 6.92 Å². The molecule has 0 unspecified atom stereocenters. The van der Waals surface area contributed by atoms with Crippen molar-refractivity contribution in [2.45, 2.75) is 32.3 Å². The number of hydrogen-bond acceptors (Lipinski definition) is 2. The van der Waals surface area contributed by atoms with Gasteiger partial charge in [0.1, 0.15) is 0 Å². The van der Waals surface area contributed by atoms with Crippen LogP contribution in [0.5, 0.6) is 0 Å². The summed E-state index contributed by atoms with van der Waals surface area (Å²) in [6.07, 6.45) is 2.96. The van der Waals surface area contributed by atoms with Crippen LogP contribution in [-0.4, -0.2) is 24.4 Å². The summed E-state index contributed by atoms with van der Waals surface area (Å²) in [5.41, 5.74) is 0. The van der Waals surface area contributed by atoms with Gasteiger partial charge in [0.05, 0.1) is 12.7 Å². The lowest BCUT2D eigenvalue weighted by Crippen LogP contribution is -2.28. The molecular weight excluding hydrogens is 128 g/mol. The van der Waals surface area contributed by atoms with Crippen molar-refractivity contribution < 1.29 is 9.84 Å². The topological polar surface area (TPSA) is 29.5 Å². The van der Waals surface area contributed by atoms with Gasteiger partial charge in [-0.15, -0.1) is 0 Å². The van der Waals surface area contributed by atoms with Crippen molar-refractivity contribution in [2.24, 2.45) is 5.92 Å². The van der Waals surface area contributed by atoms with Crippen LogP contribution in [0.4, 0.5) is 0 Å². The molecule has 60 valence electrons. The maximum absolute atomic E-state index is 9.40. The fourth-order valence-corrected chi connectivity index (χ4v) is 1.40. The average Bonchev–Trinajstić information content (AvgIpc) is 2.05. The molecule has 1 saturated heterocycles. The first-order chi connectivity index (χ1) is 4.84. The van der Waals surface area contributed by atoms with Crippen LogP contribution in [0.15, 0.2) is 0 Å². The van der Waals surface area contributed by atoms with Gasteiger partial charge in [-0.2, -0.15) is 0 Å². The van der Waals surface area contributed by atoms with Crippen molar-refractivity contribution in [3.8, 4) is 0 Å². The van der Waals surface area contributed by atoms with Gasteiger partial charge >= 0.3 is 0 Å². The van der Waals surface area contributed by atoms with Crippen LogP contribution in [0.25, 0.3) is 0 Å². The van der Waals surface area contributed by atoms with Crippen LogP contribution < -0.4 is 0 Å². The Morgan fingerprint density at radius 3 is 3.00 bits per heavy atom. The molecule has 0 aromatic rings. The summed E-state index contributed by atoms with van der Waals surface area (Å²) >= 11 is 0. The summed E-state index contributed by atoms with van der Waals surface area (Å²) in [6.45, 7) is 3.65. The minimum Gasteiger partial charge on any atom is -0.393 e. The minimum atomic E-state index is -0.139. The minimum absolute atomic E-state index is 0.139. The number of aliphatic hydroxyl groups is 1. The molecule has 1 aliphatic heterocycles. The third kappa shape index (κ3) is 1.96. The Balaban J connectivity index is 2.24. The lowest BCUT2D eigenvalue weighted by Gasteiger charge is -2.25. The zero-order chi connectivity index (χ0) is 7.40. The average molecular weight is 144 g/mol. The first-order valence-corrected chi connectivity index (χ1v) is 4.10. The quantitative estimate of drug-likeness (QED) is 0.630. The molecule has 1 heterocycles. The Morgan fingerprint density at radius 2 is 2.50 bits per heavy atom. The number of ether oxygens (including phenoxy) is 1. The zero-order valence-electron chi connectivity index (χ0n) is 6.55. The second kappa shape index (κ2) is 3.94. The molecule has 0 spiro atoms. The maximum atomic E-state index is 9.40. The molecule has 0 radical (unpaired) electrons. The predicted molar refractivity (Wildman–Crippen MR) is 39.8 cm³/mol. The first-order valence-electron chi connectivity index (χ1n) is 4.10. The van der Waals surface area contributed by atoms with Crippen molar-refractivity contribution >= 4 is 0 Å². The standard InChI is InChI=1S/C8H16O2/c1-2-8(9)7-4-3-5-10-6-7/h7-9H,2-6H2,1H3/t7-,8+/m0/s1. The fraction of sp³-hybridized carbons (Fsp3) is 1.00. The fourth-order valence-electron chi connectivity index (χ4n) is 1.40. The summed E-state index contributed by atoms with van der Waals surface area (Å²) < 4.78 is 5.25. The molecule has 2 atom stereocenters. The molecule has 2 nitrogen and oxygen atoms in total. The summed E-state index contributed by atoms with van der Waals surface area (Å²) in [5, 5.41) is 9.40. The molecule has 10 heavy (non-hydrogen) atoms. The first kappa shape index (κ1) is 8.02. The lowest BCUT2D eigenvalue weighted by molar-refractivity contribution is -0.00997. The van der Waals surface area contributed by atoms with E-state index in [4.69, 9.17) is 4.74 Å². The van der Waals surface area contributed by atoms with Crippen LogP contribution in [0.2, 0.25) is 0 Å². The Labute approximate surface area is 62.2 Å². The summed E-state index contributed by atoms with van der Waals surface area (Å²) in [6, 6.07) is 0. The molecule has 2 heteroatoms. The van der Waals surface area contributed by atoms with Gasteiger partial charge < -0.3 is 9.84 Å². The molecule has 1 fully saturated rings. The van der Waals surface area contributed by atoms with Crippen molar-refractivity contribution in [1.29, 1.82) is 0 Å². The molecule has 0 aromatic heterocycles. The van der Waals surface area contributed by atoms with E-state index < -0.39 is 0 Å². The Bertz CT molecular complexity index is 87.3. The maximum Gasteiger partial charge on any atom is 0.0587 e. The SMILES string of the molecule is CC[C@@H](O)[C@H]1CCCOC1. The van der Waals surface area contributed by atoms with Crippen molar-refractivity contribution in [1.82, 2.24) is 0 Å². The van der Waals surface area contributed by atoms with Crippen LogP contribution in [0.1, 0.15) is 26.2 Å². The third-order valence-corrected chi connectivity index (χ3v) is 2.16. The Morgan fingerprint density at radius 1 is 1.70 bits per heavy atom. The van der Waals surface area contributed by atoms with Crippen LogP contribution in [-0.2, 0) is 4.74 Å². The van der Waals surface area contributed by atoms with Gasteiger partial charge in [-0.3, -0.25) is 0 Å². The molecule has 1 rings (SSSR count). The second-order valence-electron chi connectivity index (χ2n) is 2.95. The van der Waals surface area contributed by atoms with Crippen LogP contribution in [0.3, 0.4) is 0 Å². The largest absolute Gasteiger partial charge is 0.393 e. The summed E-state index contributed by atoms with van der Waals surface area (Å²) in [4.78, 5) is 0. The van der Waals surface area contributed by atoms with Crippen LogP contribution >= 0.6 is 0 Å². The third-order valence-electron chi connectivity index (χ3n) is 2.16. The van der Waals surface area contributed by atoms with E-state index in [2.05, 4.69) is 0 Å². The molecule has 0 aliphatic carbocycles. The number of rotatable bonds is 2. The molecule has 0 amide bonds. The van der Waals surface area contributed by atoms with E-state index in [9.17, 15) is 5.11 Å². The van der Waals surface area contributed by atoms with E-state index in [1.807, 2.05) is 6.92 Å². The highest BCUT2D eigenvalue weighted by molar-refractivity contribution is 4.69. The Hall–Kier alpha value is -0.0800. The molecule has 0 bridgehead atoms. The molecule has 1 aliphatic rings. The number of hydrogen-bond donors (Lipinski definition) is 1.